The SMILES string of the molecule is CC(=O)[C@H]([C@@H](C)O)N1C(=O)C2(CC3(CN([C@H](C(N)=O)[C@@H](C)O)C3=O)CN2C)C1=O. The molecule has 0 aromatic carbocycles. The first-order chi connectivity index (χ1) is 13.3. The summed E-state index contributed by atoms with van der Waals surface area (Å²) in [7, 11) is 1.54. The third-order valence-corrected chi connectivity index (χ3v) is 6.35. The number of primary amides is 1. The maximum absolute atomic E-state index is 13.0. The van der Waals surface area contributed by atoms with E-state index in [4.69, 9.17) is 5.73 Å². The van der Waals surface area contributed by atoms with Crippen molar-refractivity contribution in [2.45, 2.75) is 57.0 Å². The monoisotopic (exact) mass is 410 g/mol. The molecule has 0 aromatic heterocycles. The Bertz CT molecular complexity index is 794. The Morgan fingerprint density at radius 1 is 1.00 bits per heavy atom. The molecule has 4 amide bonds. The average Bonchev–Trinajstić information content (AvgIpc) is 2.94. The van der Waals surface area contributed by atoms with Gasteiger partial charge in [-0.1, -0.05) is 0 Å². The molecular weight excluding hydrogens is 384 g/mol. The second-order valence-corrected chi connectivity index (χ2v) is 8.47. The lowest BCUT2D eigenvalue weighted by atomic mass is 9.69. The second kappa shape index (κ2) is 6.57. The minimum absolute atomic E-state index is 0.0729. The molecule has 0 saturated carbocycles. The molecule has 3 aliphatic rings. The predicted molar refractivity (Wildman–Crippen MR) is 96.8 cm³/mol. The fraction of sp³-hybridized carbons (Fsp3) is 0.722. The van der Waals surface area contributed by atoms with Gasteiger partial charge in [-0.2, -0.15) is 0 Å². The smallest absolute Gasteiger partial charge is 0.260 e. The Balaban J connectivity index is 1.84. The van der Waals surface area contributed by atoms with Crippen LogP contribution in [0.25, 0.3) is 0 Å². The van der Waals surface area contributed by atoms with Crippen LogP contribution in [0.5, 0.6) is 0 Å². The van der Waals surface area contributed by atoms with Crippen molar-refractivity contribution in [2.24, 2.45) is 11.1 Å². The summed E-state index contributed by atoms with van der Waals surface area (Å²) in [5.74, 6) is -3.07. The van der Waals surface area contributed by atoms with Crippen LogP contribution < -0.4 is 5.73 Å². The highest BCUT2D eigenvalue weighted by atomic mass is 16.3. The molecule has 0 radical (unpaired) electrons. The number of aliphatic hydroxyl groups excluding tert-OH is 2. The van der Waals surface area contributed by atoms with E-state index in [-0.39, 0.29) is 19.5 Å². The van der Waals surface area contributed by atoms with Crippen molar-refractivity contribution in [2.75, 3.05) is 20.1 Å². The zero-order valence-corrected chi connectivity index (χ0v) is 16.8. The normalized spacial score (nSPS) is 30.2. The van der Waals surface area contributed by atoms with Gasteiger partial charge in [0.05, 0.1) is 17.6 Å². The van der Waals surface area contributed by atoms with Crippen LogP contribution >= 0.6 is 0 Å². The largest absolute Gasteiger partial charge is 0.391 e. The molecule has 3 fully saturated rings. The molecule has 1 unspecified atom stereocenters. The number of carbonyl (C=O) groups excluding carboxylic acids is 5. The van der Waals surface area contributed by atoms with Crippen molar-refractivity contribution in [1.29, 1.82) is 0 Å². The maximum Gasteiger partial charge on any atom is 0.260 e. The van der Waals surface area contributed by atoms with E-state index in [1.165, 1.54) is 30.6 Å². The van der Waals surface area contributed by atoms with Crippen LogP contribution in [0, 0.1) is 5.41 Å². The van der Waals surface area contributed by atoms with Crippen LogP contribution in [-0.2, 0) is 24.0 Å². The number of Topliss-reactive ketones (excluding diaryl/α,β-unsaturated/α-hetero) is 1. The van der Waals surface area contributed by atoms with Crippen molar-refractivity contribution in [3.05, 3.63) is 0 Å². The van der Waals surface area contributed by atoms with Gasteiger partial charge in [0, 0.05) is 19.5 Å². The van der Waals surface area contributed by atoms with E-state index in [1.54, 1.807) is 7.05 Å². The first-order valence-electron chi connectivity index (χ1n) is 9.38. The molecule has 2 spiro atoms. The highest BCUT2D eigenvalue weighted by Crippen LogP contribution is 2.53. The van der Waals surface area contributed by atoms with Gasteiger partial charge in [-0.15, -0.1) is 0 Å². The van der Waals surface area contributed by atoms with Crippen molar-refractivity contribution >= 4 is 29.4 Å². The first-order valence-corrected chi connectivity index (χ1v) is 9.38. The molecule has 3 heterocycles. The molecule has 11 heteroatoms. The third-order valence-electron chi connectivity index (χ3n) is 6.35. The number of likely N-dealkylation sites (tertiary alicyclic amines) is 3. The highest BCUT2D eigenvalue weighted by molar-refractivity contribution is 6.28. The average molecular weight is 410 g/mol. The second-order valence-electron chi connectivity index (χ2n) is 8.47. The van der Waals surface area contributed by atoms with E-state index in [0.29, 0.717) is 0 Å². The number of likely N-dealkylation sites (N-methyl/N-ethyl adjacent to an activating group) is 1. The maximum atomic E-state index is 13.0. The number of nitrogens with two attached hydrogens (primary N) is 1. The summed E-state index contributed by atoms with van der Waals surface area (Å²) in [4.78, 5) is 65.8. The van der Waals surface area contributed by atoms with Gasteiger partial charge in [0.15, 0.2) is 11.3 Å². The Kier molecular flexibility index (Phi) is 4.84. The number of nitrogens with zero attached hydrogens (tertiary/aromatic N) is 3. The number of imide groups is 1. The molecule has 3 aliphatic heterocycles. The fourth-order valence-corrected chi connectivity index (χ4v) is 5.07. The van der Waals surface area contributed by atoms with Crippen LogP contribution in [0.1, 0.15) is 27.2 Å². The number of hydrogen-bond donors (Lipinski definition) is 3. The topological polar surface area (TPSA) is 162 Å². The summed E-state index contributed by atoms with van der Waals surface area (Å²) in [5, 5.41) is 19.6. The summed E-state index contributed by atoms with van der Waals surface area (Å²) in [5.41, 5.74) is 2.67. The van der Waals surface area contributed by atoms with Crippen molar-refractivity contribution in [1.82, 2.24) is 14.7 Å². The van der Waals surface area contributed by atoms with Crippen LogP contribution in [-0.4, -0.2) is 104 Å². The quantitative estimate of drug-likeness (QED) is 0.305. The summed E-state index contributed by atoms with van der Waals surface area (Å²) in [6.07, 6.45) is -2.47. The lowest BCUT2D eigenvalue weighted by Gasteiger charge is -2.52. The van der Waals surface area contributed by atoms with Gasteiger partial charge in [-0.05, 0) is 27.8 Å². The van der Waals surface area contributed by atoms with E-state index in [2.05, 4.69) is 0 Å². The summed E-state index contributed by atoms with van der Waals surface area (Å²) >= 11 is 0. The molecule has 0 aliphatic carbocycles. The van der Waals surface area contributed by atoms with Gasteiger partial charge in [0.2, 0.25) is 11.8 Å². The summed E-state index contributed by atoms with van der Waals surface area (Å²) in [6.45, 7) is 4.05. The van der Waals surface area contributed by atoms with Crippen LogP contribution in [0.2, 0.25) is 0 Å². The molecule has 11 nitrogen and oxygen atoms in total. The van der Waals surface area contributed by atoms with Crippen LogP contribution in [0.3, 0.4) is 0 Å². The lowest BCUT2D eigenvalue weighted by molar-refractivity contribution is -0.185. The van der Waals surface area contributed by atoms with Gasteiger partial charge in [0.25, 0.3) is 11.8 Å². The van der Waals surface area contributed by atoms with E-state index in [0.717, 1.165) is 4.90 Å². The number of rotatable bonds is 6. The number of β-lactam (4-membered cyclic amide) rings is 3. The highest BCUT2D eigenvalue weighted by Gasteiger charge is 2.75. The van der Waals surface area contributed by atoms with Gasteiger partial charge in [-0.3, -0.25) is 33.8 Å². The zero-order valence-electron chi connectivity index (χ0n) is 16.8. The Labute approximate surface area is 167 Å². The van der Waals surface area contributed by atoms with Gasteiger partial charge >= 0.3 is 0 Å². The molecule has 3 saturated heterocycles. The van der Waals surface area contributed by atoms with E-state index in [9.17, 15) is 34.2 Å². The number of aliphatic hydroxyl groups is 2. The van der Waals surface area contributed by atoms with Crippen molar-refractivity contribution in [3.63, 3.8) is 0 Å². The molecular formula is C18H26N4O7. The standard InChI is InChI=1S/C18H26N4O7/c1-8(23)11(9(2)24)22-15(28)18(16(22)29)5-17(6-20(18)4)7-21(14(17)27)12(10(3)25)13(19)26/h8,10-12,23,25H,5-7H2,1-4H3,(H2,19,26)/t8-,10-,11+,12+,17?/m1/s1. The Morgan fingerprint density at radius 3 is 1.90 bits per heavy atom. The van der Waals surface area contributed by atoms with E-state index in [1.807, 2.05) is 0 Å². The number of carbonyl (C=O) groups is 5. The number of hydrogen-bond acceptors (Lipinski definition) is 8. The zero-order chi connectivity index (χ0) is 22.0. The third kappa shape index (κ3) is 2.64. The summed E-state index contributed by atoms with van der Waals surface area (Å²) < 4.78 is 0. The van der Waals surface area contributed by atoms with Gasteiger partial charge < -0.3 is 20.8 Å². The molecule has 0 aromatic rings. The van der Waals surface area contributed by atoms with Gasteiger partial charge in [-0.25, -0.2) is 0 Å². The number of amides is 4. The first kappa shape index (κ1) is 21.3. The van der Waals surface area contributed by atoms with Gasteiger partial charge in [0.1, 0.15) is 12.1 Å². The minimum atomic E-state index is -1.57. The number of ketones is 1. The molecule has 4 N–H and O–H groups in total. The molecule has 5 atom stereocenters. The lowest BCUT2D eigenvalue weighted by Crippen LogP contribution is -2.79. The molecule has 0 bridgehead atoms. The van der Waals surface area contributed by atoms with E-state index < -0.39 is 64.7 Å². The molecule has 29 heavy (non-hydrogen) atoms. The van der Waals surface area contributed by atoms with Crippen molar-refractivity contribution in [3.8, 4) is 0 Å². The minimum Gasteiger partial charge on any atom is -0.391 e. The van der Waals surface area contributed by atoms with Crippen LogP contribution in [0.15, 0.2) is 0 Å². The Morgan fingerprint density at radius 2 is 1.52 bits per heavy atom. The van der Waals surface area contributed by atoms with E-state index >= 15 is 0 Å². The van der Waals surface area contributed by atoms with Crippen molar-refractivity contribution < 1.29 is 34.2 Å². The molecule has 160 valence electrons. The molecule has 3 rings (SSSR count). The Hall–Kier alpha value is -2.37. The fourth-order valence-electron chi connectivity index (χ4n) is 5.07. The summed E-state index contributed by atoms with van der Waals surface area (Å²) in [6, 6.07) is -2.45. The predicted octanol–water partition coefficient (Wildman–Crippen LogP) is -3.17. The van der Waals surface area contributed by atoms with Crippen LogP contribution in [0.4, 0.5) is 0 Å².